The molecule has 5 heteroatoms. The first kappa shape index (κ1) is 17.5. The van der Waals surface area contributed by atoms with Crippen molar-refractivity contribution in [3.8, 4) is 11.4 Å². The Kier molecular flexibility index (Phi) is 4.77. The van der Waals surface area contributed by atoms with Gasteiger partial charge in [-0.25, -0.2) is 0 Å². The molecule has 0 radical (unpaired) electrons. The number of fused-ring (bicyclic) bond motifs is 1. The fourth-order valence-corrected chi connectivity index (χ4v) is 3.78. The van der Waals surface area contributed by atoms with E-state index in [1.807, 2.05) is 54.9 Å². The molecule has 0 spiro atoms. The zero-order valence-corrected chi connectivity index (χ0v) is 16.0. The van der Waals surface area contributed by atoms with Crippen molar-refractivity contribution in [2.75, 3.05) is 5.75 Å². The second-order valence-electron chi connectivity index (χ2n) is 6.51. The third-order valence-electron chi connectivity index (χ3n) is 4.55. The molecule has 1 aromatic heterocycles. The summed E-state index contributed by atoms with van der Waals surface area (Å²) in [6.07, 6.45) is 0. The Morgan fingerprint density at radius 1 is 0.963 bits per heavy atom. The van der Waals surface area contributed by atoms with Crippen molar-refractivity contribution in [2.45, 2.75) is 12.1 Å². The molecule has 4 nitrogen and oxygen atoms in total. The number of thioether (sulfide) groups is 1. The number of hydrogen-bond acceptors (Lipinski definition) is 4. The summed E-state index contributed by atoms with van der Waals surface area (Å²) < 4.78 is 1.94. The highest BCUT2D eigenvalue weighted by Crippen LogP contribution is 2.26. The molecule has 3 aromatic carbocycles. The molecule has 134 valence electrons. The molecular weight excluding hydrogens is 354 g/mol. The van der Waals surface area contributed by atoms with E-state index in [-0.39, 0.29) is 5.78 Å². The summed E-state index contributed by atoms with van der Waals surface area (Å²) in [4.78, 5) is 12.4. The van der Waals surface area contributed by atoms with Gasteiger partial charge >= 0.3 is 0 Å². The lowest BCUT2D eigenvalue weighted by Crippen LogP contribution is -2.04. The molecule has 0 bridgehead atoms. The van der Waals surface area contributed by atoms with Gasteiger partial charge < -0.3 is 4.57 Å². The van der Waals surface area contributed by atoms with Crippen molar-refractivity contribution in [1.82, 2.24) is 14.8 Å². The Labute approximate surface area is 162 Å². The third kappa shape index (κ3) is 3.64. The molecule has 0 saturated heterocycles. The molecule has 0 amide bonds. The van der Waals surface area contributed by atoms with E-state index < -0.39 is 0 Å². The van der Waals surface area contributed by atoms with Crippen LogP contribution in [0.3, 0.4) is 0 Å². The van der Waals surface area contributed by atoms with Crippen LogP contribution in [0, 0.1) is 6.92 Å². The molecule has 0 aliphatic rings. The summed E-state index contributed by atoms with van der Waals surface area (Å²) in [6.45, 7) is 2.01. The maximum Gasteiger partial charge on any atom is 0.191 e. The Morgan fingerprint density at radius 2 is 1.70 bits per heavy atom. The zero-order valence-electron chi connectivity index (χ0n) is 15.2. The fraction of sp³-hybridized carbons (Fsp3) is 0.136. The van der Waals surface area contributed by atoms with Crippen LogP contribution in [0.4, 0.5) is 0 Å². The molecule has 27 heavy (non-hydrogen) atoms. The molecule has 0 aliphatic heterocycles. The Balaban J connectivity index is 1.53. The van der Waals surface area contributed by atoms with E-state index in [2.05, 4.69) is 40.5 Å². The van der Waals surface area contributed by atoms with E-state index in [1.54, 1.807) is 0 Å². The molecule has 1 heterocycles. The summed E-state index contributed by atoms with van der Waals surface area (Å²) in [5.41, 5.74) is 2.89. The average molecular weight is 373 g/mol. The van der Waals surface area contributed by atoms with Crippen LogP contribution in [0.1, 0.15) is 15.9 Å². The van der Waals surface area contributed by atoms with Gasteiger partial charge in [0.2, 0.25) is 0 Å². The highest BCUT2D eigenvalue weighted by Gasteiger charge is 2.14. The first-order valence-electron chi connectivity index (χ1n) is 8.73. The molecule has 0 fully saturated rings. The first-order chi connectivity index (χ1) is 13.1. The van der Waals surface area contributed by atoms with E-state index in [0.29, 0.717) is 5.75 Å². The second-order valence-corrected chi connectivity index (χ2v) is 7.45. The predicted octanol–water partition coefficient (Wildman–Crippen LogP) is 4.92. The van der Waals surface area contributed by atoms with Crippen molar-refractivity contribution >= 4 is 28.3 Å². The first-order valence-corrected chi connectivity index (χ1v) is 9.71. The van der Waals surface area contributed by atoms with Gasteiger partial charge in [-0.05, 0) is 23.8 Å². The molecule has 4 rings (SSSR count). The quantitative estimate of drug-likeness (QED) is 0.368. The van der Waals surface area contributed by atoms with Gasteiger partial charge in [0.15, 0.2) is 16.8 Å². The molecule has 0 saturated carbocycles. The summed E-state index contributed by atoms with van der Waals surface area (Å²) in [5.74, 6) is 1.23. The normalized spacial score (nSPS) is 11.0. The van der Waals surface area contributed by atoms with Crippen molar-refractivity contribution in [3.05, 3.63) is 77.9 Å². The molecule has 0 atom stereocenters. The number of ketones is 1. The van der Waals surface area contributed by atoms with E-state index in [1.165, 1.54) is 22.5 Å². The van der Waals surface area contributed by atoms with E-state index in [0.717, 1.165) is 27.7 Å². The number of Topliss-reactive ketones (excluding diaryl/α,β-unsaturated/α-hetero) is 1. The van der Waals surface area contributed by atoms with Crippen molar-refractivity contribution in [2.24, 2.45) is 7.05 Å². The van der Waals surface area contributed by atoms with Gasteiger partial charge in [-0.1, -0.05) is 78.0 Å². The lowest BCUT2D eigenvalue weighted by Gasteiger charge is -2.05. The number of benzene rings is 3. The third-order valence-corrected chi connectivity index (χ3v) is 5.57. The molecule has 0 unspecified atom stereocenters. The average Bonchev–Trinajstić information content (AvgIpc) is 3.06. The van der Waals surface area contributed by atoms with Gasteiger partial charge in [0, 0.05) is 18.2 Å². The summed E-state index contributed by atoms with van der Waals surface area (Å²) in [5, 5.41) is 11.7. The van der Waals surface area contributed by atoms with Crippen molar-refractivity contribution in [1.29, 1.82) is 0 Å². The predicted molar refractivity (Wildman–Crippen MR) is 110 cm³/mol. The van der Waals surface area contributed by atoms with Gasteiger partial charge in [0.05, 0.1) is 5.75 Å². The zero-order chi connectivity index (χ0) is 18.8. The fourth-order valence-electron chi connectivity index (χ4n) is 2.97. The maximum atomic E-state index is 12.4. The van der Waals surface area contributed by atoms with Crippen LogP contribution in [-0.4, -0.2) is 26.3 Å². The topological polar surface area (TPSA) is 47.8 Å². The number of carbonyl (C=O) groups excluding carboxylic acids is 1. The highest BCUT2D eigenvalue weighted by atomic mass is 32.2. The van der Waals surface area contributed by atoms with Gasteiger partial charge in [-0.3, -0.25) is 4.79 Å². The number of aromatic nitrogens is 3. The number of carbonyl (C=O) groups is 1. The largest absolute Gasteiger partial charge is 0.305 e. The van der Waals surface area contributed by atoms with Crippen LogP contribution >= 0.6 is 11.8 Å². The minimum absolute atomic E-state index is 0.0928. The highest BCUT2D eigenvalue weighted by molar-refractivity contribution is 7.99. The Hall–Kier alpha value is -2.92. The minimum atomic E-state index is 0.0928. The van der Waals surface area contributed by atoms with Gasteiger partial charge in [0.1, 0.15) is 0 Å². The van der Waals surface area contributed by atoms with Crippen LogP contribution in [0.5, 0.6) is 0 Å². The van der Waals surface area contributed by atoms with Crippen LogP contribution in [-0.2, 0) is 7.05 Å². The second kappa shape index (κ2) is 7.37. The summed E-state index contributed by atoms with van der Waals surface area (Å²) in [7, 11) is 1.93. The lowest BCUT2D eigenvalue weighted by atomic mass is 10.1. The van der Waals surface area contributed by atoms with Crippen molar-refractivity contribution < 1.29 is 4.79 Å². The van der Waals surface area contributed by atoms with E-state index >= 15 is 0 Å². The summed E-state index contributed by atoms with van der Waals surface area (Å²) in [6, 6.07) is 22.2. The minimum Gasteiger partial charge on any atom is -0.305 e. The van der Waals surface area contributed by atoms with Crippen LogP contribution < -0.4 is 0 Å². The molecule has 4 aromatic rings. The van der Waals surface area contributed by atoms with Crippen molar-refractivity contribution in [3.63, 3.8) is 0 Å². The lowest BCUT2D eigenvalue weighted by molar-refractivity contribution is 0.102. The number of rotatable bonds is 5. The Bertz CT molecular complexity index is 1120. The van der Waals surface area contributed by atoms with Gasteiger partial charge in [-0.15, -0.1) is 10.2 Å². The number of hydrogen-bond donors (Lipinski definition) is 0. The molecular formula is C22H19N3OS. The standard InChI is InChI=1S/C22H19N3OS/c1-15-7-9-17(10-8-15)20(26)14-27-22-24-23-21(25(22)2)19-12-11-16-5-3-4-6-18(16)13-19/h3-13H,14H2,1-2H3. The smallest absolute Gasteiger partial charge is 0.191 e. The number of aryl methyl sites for hydroxylation is 1. The van der Waals surface area contributed by atoms with Crippen LogP contribution in [0.15, 0.2) is 71.9 Å². The monoisotopic (exact) mass is 373 g/mol. The Morgan fingerprint density at radius 3 is 2.48 bits per heavy atom. The maximum absolute atomic E-state index is 12.4. The van der Waals surface area contributed by atoms with E-state index in [9.17, 15) is 4.79 Å². The molecule has 0 N–H and O–H groups in total. The number of nitrogens with zero attached hydrogens (tertiary/aromatic N) is 3. The molecule has 0 aliphatic carbocycles. The summed E-state index contributed by atoms with van der Waals surface area (Å²) >= 11 is 1.41. The van der Waals surface area contributed by atoms with Crippen LogP contribution in [0.25, 0.3) is 22.2 Å². The SMILES string of the molecule is Cc1ccc(C(=O)CSc2nnc(-c3ccc4ccccc4c3)n2C)cc1. The van der Waals surface area contributed by atoms with Gasteiger partial charge in [-0.2, -0.15) is 0 Å². The van der Waals surface area contributed by atoms with Gasteiger partial charge in [0.25, 0.3) is 0 Å². The van der Waals surface area contributed by atoms with E-state index in [4.69, 9.17) is 0 Å². The van der Waals surface area contributed by atoms with Crippen LogP contribution in [0.2, 0.25) is 0 Å².